The monoisotopic (exact) mass is 335 g/mol. The molecule has 4 rings (SSSR count). The quantitative estimate of drug-likeness (QED) is 0.734. The topological polar surface area (TPSA) is 45.2 Å². The average molecular weight is 335 g/mol. The van der Waals surface area contributed by atoms with E-state index in [9.17, 15) is 4.39 Å². The number of hydrogen-bond acceptors (Lipinski definition) is 5. The van der Waals surface area contributed by atoms with Gasteiger partial charge in [0.15, 0.2) is 5.82 Å². The van der Waals surface area contributed by atoms with E-state index in [2.05, 4.69) is 30.8 Å². The van der Waals surface area contributed by atoms with Crippen LogP contribution < -0.4 is 9.80 Å². The third-order valence-electron chi connectivity index (χ3n) is 4.41. The van der Waals surface area contributed by atoms with E-state index in [0.29, 0.717) is 12.1 Å². The summed E-state index contributed by atoms with van der Waals surface area (Å²) in [7, 11) is 2.02. The second-order valence-electron chi connectivity index (χ2n) is 6.31. The zero-order valence-corrected chi connectivity index (χ0v) is 14.1. The van der Waals surface area contributed by atoms with Gasteiger partial charge < -0.3 is 9.80 Å². The van der Waals surface area contributed by atoms with Crippen molar-refractivity contribution in [3.63, 3.8) is 0 Å². The number of hydrogen-bond donors (Lipinski definition) is 0. The molecule has 0 aliphatic carbocycles. The Bertz CT molecular complexity index is 913. The maximum absolute atomic E-state index is 13.5. The molecule has 5 nitrogen and oxygen atoms in total. The highest BCUT2D eigenvalue weighted by atomic mass is 19.1. The van der Waals surface area contributed by atoms with E-state index in [1.165, 1.54) is 12.4 Å². The molecule has 0 atom stereocenters. The SMILES string of the molecule is Cc1cc(-c2cnc3c(c2)N(Cc2cncnc2)CN3C)ccc1F. The van der Waals surface area contributed by atoms with Crippen LogP contribution in [0.4, 0.5) is 15.9 Å². The summed E-state index contributed by atoms with van der Waals surface area (Å²) in [4.78, 5) is 17.1. The van der Waals surface area contributed by atoms with Gasteiger partial charge >= 0.3 is 0 Å². The normalized spacial score (nSPS) is 13.2. The first-order valence-electron chi connectivity index (χ1n) is 8.08. The van der Waals surface area contributed by atoms with Crippen molar-refractivity contribution in [1.29, 1.82) is 0 Å². The molecule has 0 unspecified atom stereocenters. The number of rotatable bonds is 3. The van der Waals surface area contributed by atoms with Gasteiger partial charge in [-0.1, -0.05) is 6.07 Å². The average Bonchev–Trinajstić information content (AvgIpc) is 2.93. The molecule has 1 aliphatic heterocycles. The molecule has 1 aliphatic rings. The summed E-state index contributed by atoms with van der Waals surface area (Å²) in [5.41, 5.74) is 4.68. The van der Waals surface area contributed by atoms with Gasteiger partial charge in [0.2, 0.25) is 0 Å². The van der Waals surface area contributed by atoms with Gasteiger partial charge in [-0.05, 0) is 36.2 Å². The summed E-state index contributed by atoms with van der Waals surface area (Å²) in [6.45, 7) is 3.24. The molecule has 25 heavy (non-hydrogen) atoms. The number of anilines is 2. The first-order valence-corrected chi connectivity index (χ1v) is 8.08. The molecule has 0 saturated carbocycles. The van der Waals surface area contributed by atoms with Crippen LogP contribution in [0.2, 0.25) is 0 Å². The van der Waals surface area contributed by atoms with E-state index in [1.54, 1.807) is 13.0 Å². The van der Waals surface area contributed by atoms with Gasteiger partial charge in [0.05, 0.1) is 12.4 Å². The molecule has 0 spiro atoms. The first kappa shape index (κ1) is 15.5. The fourth-order valence-corrected chi connectivity index (χ4v) is 3.12. The Morgan fingerprint density at radius 2 is 1.88 bits per heavy atom. The van der Waals surface area contributed by atoms with Crippen LogP contribution in [0.3, 0.4) is 0 Å². The van der Waals surface area contributed by atoms with Crippen LogP contribution in [-0.4, -0.2) is 28.7 Å². The highest BCUT2D eigenvalue weighted by Gasteiger charge is 2.25. The largest absolute Gasteiger partial charge is 0.346 e. The van der Waals surface area contributed by atoms with Gasteiger partial charge in [0, 0.05) is 43.3 Å². The Morgan fingerprint density at radius 3 is 2.64 bits per heavy atom. The van der Waals surface area contributed by atoms with Crippen LogP contribution in [0.5, 0.6) is 0 Å². The van der Waals surface area contributed by atoms with Crippen molar-refractivity contribution < 1.29 is 4.39 Å². The maximum atomic E-state index is 13.5. The number of aryl methyl sites for hydroxylation is 1. The summed E-state index contributed by atoms with van der Waals surface area (Å²) < 4.78 is 13.5. The molecule has 0 N–H and O–H groups in total. The minimum atomic E-state index is -0.191. The Hall–Kier alpha value is -3.02. The number of halogens is 1. The van der Waals surface area contributed by atoms with Gasteiger partial charge in [-0.15, -0.1) is 0 Å². The van der Waals surface area contributed by atoms with Gasteiger partial charge in [0.25, 0.3) is 0 Å². The minimum Gasteiger partial charge on any atom is -0.346 e. The van der Waals surface area contributed by atoms with Crippen molar-refractivity contribution in [2.75, 3.05) is 23.5 Å². The Balaban J connectivity index is 1.70. The van der Waals surface area contributed by atoms with Crippen LogP contribution in [-0.2, 0) is 6.54 Å². The summed E-state index contributed by atoms with van der Waals surface area (Å²) in [5.74, 6) is 0.753. The zero-order chi connectivity index (χ0) is 17.4. The first-order chi connectivity index (χ1) is 12.1. The van der Waals surface area contributed by atoms with Crippen molar-refractivity contribution in [3.8, 4) is 11.1 Å². The highest BCUT2D eigenvalue weighted by Crippen LogP contribution is 2.37. The Morgan fingerprint density at radius 1 is 1.08 bits per heavy atom. The highest BCUT2D eigenvalue weighted by molar-refractivity contribution is 5.78. The lowest BCUT2D eigenvalue weighted by atomic mass is 10.0. The molecule has 126 valence electrons. The molecule has 3 heterocycles. The van der Waals surface area contributed by atoms with Gasteiger partial charge in [-0.25, -0.2) is 19.3 Å². The van der Waals surface area contributed by atoms with E-state index < -0.39 is 0 Å². The van der Waals surface area contributed by atoms with E-state index in [-0.39, 0.29) is 5.82 Å². The van der Waals surface area contributed by atoms with Crippen LogP contribution in [0.15, 0.2) is 49.2 Å². The van der Waals surface area contributed by atoms with Crippen LogP contribution in [0.25, 0.3) is 11.1 Å². The summed E-state index contributed by atoms with van der Waals surface area (Å²) in [6.07, 6.45) is 7.03. The second-order valence-corrected chi connectivity index (χ2v) is 6.31. The number of fused-ring (bicyclic) bond motifs is 1. The molecule has 2 aromatic heterocycles. The predicted molar refractivity (Wildman–Crippen MR) is 95.9 cm³/mol. The maximum Gasteiger partial charge on any atom is 0.153 e. The smallest absolute Gasteiger partial charge is 0.153 e. The van der Waals surface area contributed by atoms with Crippen molar-refractivity contribution in [3.05, 3.63) is 66.1 Å². The molecule has 6 heteroatoms. The molecule has 0 radical (unpaired) electrons. The molecule has 0 bridgehead atoms. The Kier molecular flexibility index (Phi) is 3.80. The summed E-state index contributed by atoms with van der Waals surface area (Å²) in [6, 6.07) is 7.26. The standard InChI is InChI=1S/C19H18FN5/c1-13-5-15(3-4-17(13)20)16-6-18-19(23-9-16)24(2)12-25(18)10-14-7-21-11-22-8-14/h3-9,11H,10,12H2,1-2H3. The molecule has 0 saturated heterocycles. The van der Waals surface area contributed by atoms with Crippen molar-refractivity contribution in [1.82, 2.24) is 15.0 Å². The molecule has 3 aromatic rings. The lowest BCUT2D eigenvalue weighted by molar-refractivity contribution is 0.619. The van der Waals surface area contributed by atoms with Crippen LogP contribution in [0, 0.1) is 12.7 Å². The third-order valence-corrected chi connectivity index (χ3v) is 4.41. The van der Waals surface area contributed by atoms with Gasteiger partial charge in [-0.2, -0.15) is 0 Å². The van der Waals surface area contributed by atoms with Crippen LogP contribution >= 0.6 is 0 Å². The fraction of sp³-hybridized carbons (Fsp3) is 0.211. The molecular weight excluding hydrogens is 317 g/mol. The predicted octanol–water partition coefficient (Wildman–Crippen LogP) is 3.40. The lowest BCUT2D eigenvalue weighted by Gasteiger charge is -2.18. The van der Waals surface area contributed by atoms with E-state index in [1.807, 2.05) is 31.7 Å². The third kappa shape index (κ3) is 2.91. The molecule has 1 aromatic carbocycles. The minimum absolute atomic E-state index is 0.191. The number of benzene rings is 1. The summed E-state index contributed by atoms with van der Waals surface area (Å²) in [5, 5.41) is 0. The van der Waals surface area contributed by atoms with E-state index in [0.717, 1.165) is 34.9 Å². The fourth-order valence-electron chi connectivity index (χ4n) is 3.12. The second kappa shape index (κ2) is 6.12. The Labute approximate surface area is 145 Å². The van der Waals surface area contributed by atoms with Crippen molar-refractivity contribution >= 4 is 11.5 Å². The number of pyridine rings is 1. The van der Waals surface area contributed by atoms with Crippen molar-refractivity contribution in [2.24, 2.45) is 0 Å². The van der Waals surface area contributed by atoms with Crippen LogP contribution in [0.1, 0.15) is 11.1 Å². The van der Waals surface area contributed by atoms with E-state index in [4.69, 9.17) is 0 Å². The number of aromatic nitrogens is 3. The lowest BCUT2D eigenvalue weighted by Crippen LogP contribution is -2.27. The van der Waals surface area contributed by atoms with Gasteiger partial charge in [0.1, 0.15) is 12.1 Å². The van der Waals surface area contributed by atoms with Crippen molar-refractivity contribution in [2.45, 2.75) is 13.5 Å². The molecule has 0 fully saturated rings. The van der Waals surface area contributed by atoms with Gasteiger partial charge in [-0.3, -0.25) is 0 Å². The molecular formula is C19H18FN5. The molecule has 0 amide bonds. The zero-order valence-electron chi connectivity index (χ0n) is 14.1. The summed E-state index contributed by atoms with van der Waals surface area (Å²) >= 11 is 0. The van der Waals surface area contributed by atoms with E-state index >= 15 is 0 Å². The number of nitrogens with zero attached hydrogens (tertiary/aromatic N) is 5.